The van der Waals surface area contributed by atoms with Crippen molar-refractivity contribution in [3.05, 3.63) is 57.9 Å². The minimum absolute atomic E-state index is 0.0853. The van der Waals surface area contributed by atoms with Gasteiger partial charge in [0.25, 0.3) is 0 Å². The number of nitrogens with one attached hydrogen (secondary N) is 1. The third-order valence-electron chi connectivity index (χ3n) is 6.16. The quantitative estimate of drug-likeness (QED) is 0.471. The van der Waals surface area contributed by atoms with Crippen LogP contribution in [0.3, 0.4) is 0 Å². The van der Waals surface area contributed by atoms with Crippen LogP contribution in [0.4, 0.5) is 0 Å². The molecule has 1 N–H and O–H groups in total. The lowest BCUT2D eigenvalue weighted by Crippen LogP contribution is -2.38. The minimum atomic E-state index is -0.366. The fraction of sp³-hybridized carbons (Fsp3) is 0.538. The minimum Gasteiger partial charge on any atom is -0.462 e. The number of carbonyl (C=O) groups is 2. The molecule has 1 heterocycles. The summed E-state index contributed by atoms with van der Waals surface area (Å²) in [6.45, 7) is 10.8. The van der Waals surface area contributed by atoms with Crippen LogP contribution in [0.25, 0.3) is 0 Å². The molecule has 1 unspecified atom stereocenters. The molecule has 0 fully saturated rings. The van der Waals surface area contributed by atoms with Crippen LogP contribution in [0.15, 0.2) is 46.8 Å². The first-order valence-corrected chi connectivity index (χ1v) is 11.3. The number of esters is 1. The molecule has 0 aromatic heterocycles. The number of unbranched alkanes of at least 4 members (excludes halogenated alkanes) is 2. The SMILES string of the molecule is CCCCCOC(=O)C1=C(C)NC2=C(C(=O)CC(C)(C)C2)C1c1ccc(CC)cc1. The van der Waals surface area contributed by atoms with Gasteiger partial charge in [-0.05, 0) is 42.7 Å². The van der Waals surface area contributed by atoms with Gasteiger partial charge < -0.3 is 10.1 Å². The lowest BCUT2D eigenvalue weighted by Gasteiger charge is -2.39. The van der Waals surface area contributed by atoms with Gasteiger partial charge in [-0.15, -0.1) is 0 Å². The predicted molar refractivity (Wildman–Crippen MR) is 120 cm³/mol. The number of aryl methyl sites for hydroxylation is 1. The summed E-state index contributed by atoms with van der Waals surface area (Å²) in [6.07, 6.45) is 5.22. The number of dihydropyridines is 1. The number of ether oxygens (including phenoxy) is 1. The topological polar surface area (TPSA) is 55.4 Å². The average molecular weight is 410 g/mol. The maximum absolute atomic E-state index is 13.3. The lowest BCUT2D eigenvalue weighted by molar-refractivity contribution is -0.139. The summed E-state index contributed by atoms with van der Waals surface area (Å²) in [4.78, 5) is 26.4. The molecule has 1 atom stereocenters. The second kappa shape index (κ2) is 9.20. The Kier molecular flexibility index (Phi) is 6.84. The molecule has 0 amide bonds. The number of hydrogen-bond acceptors (Lipinski definition) is 4. The van der Waals surface area contributed by atoms with Crippen molar-refractivity contribution in [3.8, 4) is 0 Å². The molecule has 0 saturated heterocycles. The molecule has 4 nitrogen and oxygen atoms in total. The van der Waals surface area contributed by atoms with Gasteiger partial charge in [-0.3, -0.25) is 4.79 Å². The molecular weight excluding hydrogens is 374 g/mol. The van der Waals surface area contributed by atoms with Crippen LogP contribution in [-0.2, 0) is 20.7 Å². The van der Waals surface area contributed by atoms with Crippen molar-refractivity contribution >= 4 is 11.8 Å². The number of Topliss-reactive ketones (excluding diaryl/α,β-unsaturated/α-hetero) is 1. The van der Waals surface area contributed by atoms with Gasteiger partial charge in [0.05, 0.1) is 12.2 Å². The van der Waals surface area contributed by atoms with Gasteiger partial charge in [0.1, 0.15) is 0 Å². The predicted octanol–water partition coefficient (Wildman–Crippen LogP) is 5.59. The van der Waals surface area contributed by atoms with E-state index < -0.39 is 0 Å². The molecular formula is C26H35NO3. The maximum Gasteiger partial charge on any atom is 0.336 e. The summed E-state index contributed by atoms with van der Waals surface area (Å²) in [5, 5.41) is 3.40. The molecule has 2 aliphatic rings. The summed E-state index contributed by atoms with van der Waals surface area (Å²) >= 11 is 0. The number of ketones is 1. The van der Waals surface area contributed by atoms with Crippen molar-refractivity contribution < 1.29 is 14.3 Å². The highest BCUT2D eigenvalue weighted by molar-refractivity contribution is 6.04. The smallest absolute Gasteiger partial charge is 0.336 e. The first kappa shape index (κ1) is 22.3. The molecule has 0 radical (unpaired) electrons. The van der Waals surface area contributed by atoms with E-state index in [0.29, 0.717) is 18.6 Å². The molecule has 0 saturated carbocycles. The van der Waals surface area contributed by atoms with Crippen molar-refractivity contribution in [2.75, 3.05) is 6.61 Å². The van der Waals surface area contributed by atoms with E-state index in [1.807, 2.05) is 6.92 Å². The highest BCUT2D eigenvalue weighted by Gasteiger charge is 2.43. The zero-order valence-corrected chi connectivity index (χ0v) is 19.1. The van der Waals surface area contributed by atoms with Crippen LogP contribution >= 0.6 is 0 Å². The zero-order chi connectivity index (χ0) is 21.9. The van der Waals surface area contributed by atoms with E-state index in [0.717, 1.165) is 54.6 Å². The van der Waals surface area contributed by atoms with Crippen molar-refractivity contribution in [3.63, 3.8) is 0 Å². The van der Waals surface area contributed by atoms with Gasteiger partial charge in [-0.25, -0.2) is 4.79 Å². The van der Waals surface area contributed by atoms with Gasteiger partial charge in [-0.1, -0.05) is 64.8 Å². The summed E-state index contributed by atoms with van der Waals surface area (Å²) in [5.74, 6) is -0.554. The van der Waals surface area contributed by atoms with E-state index in [1.54, 1.807) is 0 Å². The van der Waals surface area contributed by atoms with Gasteiger partial charge in [0, 0.05) is 29.3 Å². The number of rotatable bonds is 7. The second-order valence-corrected chi connectivity index (χ2v) is 9.37. The molecule has 0 spiro atoms. The number of allylic oxidation sites excluding steroid dienone is 3. The monoisotopic (exact) mass is 409 g/mol. The van der Waals surface area contributed by atoms with E-state index >= 15 is 0 Å². The van der Waals surface area contributed by atoms with E-state index in [1.165, 1.54) is 5.56 Å². The van der Waals surface area contributed by atoms with Gasteiger partial charge >= 0.3 is 5.97 Å². The molecule has 162 valence electrons. The van der Waals surface area contributed by atoms with Crippen LogP contribution in [0, 0.1) is 5.41 Å². The van der Waals surface area contributed by atoms with E-state index in [2.05, 4.69) is 57.3 Å². The van der Waals surface area contributed by atoms with Crippen LogP contribution in [0.1, 0.15) is 83.8 Å². The number of hydrogen-bond donors (Lipinski definition) is 1. The maximum atomic E-state index is 13.3. The van der Waals surface area contributed by atoms with Crippen molar-refractivity contribution in [1.29, 1.82) is 0 Å². The molecule has 0 bridgehead atoms. The van der Waals surface area contributed by atoms with Gasteiger partial charge in [0.2, 0.25) is 0 Å². The molecule has 4 heteroatoms. The highest BCUT2D eigenvalue weighted by atomic mass is 16.5. The molecule has 1 aliphatic heterocycles. The Morgan fingerprint density at radius 3 is 2.47 bits per heavy atom. The second-order valence-electron chi connectivity index (χ2n) is 9.37. The Labute approximate surface area is 180 Å². The normalized spacial score (nSPS) is 20.7. The largest absolute Gasteiger partial charge is 0.462 e. The Morgan fingerprint density at radius 1 is 1.13 bits per heavy atom. The summed E-state index contributed by atoms with van der Waals surface area (Å²) in [6, 6.07) is 8.30. The van der Waals surface area contributed by atoms with Crippen LogP contribution in [-0.4, -0.2) is 18.4 Å². The van der Waals surface area contributed by atoms with E-state index in [4.69, 9.17) is 4.74 Å². The molecule has 30 heavy (non-hydrogen) atoms. The van der Waals surface area contributed by atoms with Crippen LogP contribution < -0.4 is 5.32 Å². The number of benzene rings is 1. The van der Waals surface area contributed by atoms with Crippen LogP contribution in [0.2, 0.25) is 0 Å². The zero-order valence-electron chi connectivity index (χ0n) is 19.1. The average Bonchev–Trinajstić information content (AvgIpc) is 2.69. The van der Waals surface area contributed by atoms with Gasteiger partial charge in [-0.2, -0.15) is 0 Å². The first-order chi connectivity index (χ1) is 14.3. The third kappa shape index (κ3) is 4.69. The molecule has 1 aromatic carbocycles. The van der Waals surface area contributed by atoms with Crippen molar-refractivity contribution in [2.45, 2.75) is 79.1 Å². The summed E-state index contributed by atoms with van der Waals surface area (Å²) in [7, 11) is 0. The van der Waals surface area contributed by atoms with Crippen molar-refractivity contribution in [2.24, 2.45) is 5.41 Å². The fourth-order valence-corrected chi connectivity index (χ4v) is 4.58. The van der Waals surface area contributed by atoms with E-state index in [-0.39, 0.29) is 23.1 Å². The fourth-order valence-electron chi connectivity index (χ4n) is 4.58. The van der Waals surface area contributed by atoms with Crippen molar-refractivity contribution in [1.82, 2.24) is 5.32 Å². The Balaban J connectivity index is 2.02. The lowest BCUT2D eigenvalue weighted by atomic mass is 9.68. The molecule has 1 aliphatic carbocycles. The third-order valence-corrected chi connectivity index (χ3v) is 6.16. The number of carbonyl (C=O) groups excluding carboxylic acids is 2. The Hall–Kier alpha value is -2.36. The van der Waals surface area contributed by atoms with E-state index in [9.17, 15) is 9.59 Å². The highest BCUT2D eigenvalue weighted by Crippen LogP contribution is 2.46. The molecule has 1 aromatic rings. The Morgan fingerprint density at radius 2 is 1.83 bits per heavy atom. The van der Waals surface area contributed by atoms with Gasteiger partial charge in [0.15, 0.2) is 5.78 Å². The van der Waals surface area contributed by atoms with Crippen LogP contribution in [0.5, 0.6) is 0 Å². The molecule has 3 rings (SSSR count). The summed E-state index contributed by atoms with van der Waals surface area (Å²) < 4.78 is 5.64. The first-order valence-electron chi connectivity index (χ1n) is 11.3. The standard InChI is InChI=1S/C26H35NO3/c1-6-8-9-14-30-25(29)22-17(3)27-20-15-26(4,5)16-21(28)24(20)23(22)19-12-10-18(7-2)11-13-19/h10-13,23,27H,6-9,14-16H2,1-5H3. The summed E-state index contributed by atoms with van der Waals surface area (Å²) in [5.41, 5.74) is 5.20. The Bertz CT molecular complexity index is 874.